The molecule has 0 aliphatic carbocycles. The minimum atomic E-state index is -0.879. The fraction of sp³-hybridized carbons (Fsp3) is 0.581. The van der Waals surface area contributed by atoms with Crippen molar-refractivity contribution in [1.82, 2.24) is 0 Å². The third kappa shape index (κ3) is 34.4. The van der Waals surface area contributed by atoms with E-state index in [0.29, 0.717) is 39.6 Å². The zero-order valence-corrected chi connectivity index (χ0v) is 36.4. The Hall–Kier alpha value is -4.98. The Bertz CT molecular complexity index is 1220. The van der Waals surface area contributed by atoms with Gasteiger partial charge in [0.1, 0.15) is 39.6 Å². The highest BCUT2D eigenvalue weighted by Gasteiger charge is 2.31. The molecule has 3 unspecified atom stereocenters. The van der Waals surface area contributed by atoms with Crippen LogP contribution in [0.2, 0.25) is 0 Å². The topological polar surface area (TPSA) is 213 Å². The molecule has 0 aliphatic rings. The molecule has 0 N–H and O–H groups in total. The van der Waals surface area contributed by atoms with E-state index in [1.54, 1.807) is 6.92 Å². The van der Waals surface area contributed by atoms with E-state index in [2.05, 4.69) is 39.5 Å². The maximum atomic E-state index is 11.1. The minimum absolute atomic E-state index is 0.104. The number of carbonyl (C=O) groups is 6. The molecule has 18 nitrogen and oxygen atoms in total. The molecule has 0 fully saturated rings. The van der Waals surface area contributed by atoms with E-state index >= 15 is 0 Å². The number of ether oxygens (including phenoxy) is 12. The number of carbonyl (C=O) groups excluding carboxylic acids is 6. The zero-order chi connectivity index (χ0) is 46.5. The van der Waals surface area contributed by atoms with Crippen molar-refractivity contribution in [3.05, 3.63) is 75.9 Å². The second kappa shape index (κ2) is 35.7. The molecule has 0 aromatic carbocycles. The molecule has 346 valence electrons. The van der Waals surface area contributed by atoms with E-state index < -0.39 is 46.6 Å². The standard InChI is InChI=1S/C29H48O12.C14H18O6/c1-8-26(30)36-14-11-33-17-23(4)39-20-29(7,21-40-24(5)18-34-12-15-37-27(31)9-2)22-41-25(6)19-35-13-16-38-28(32)10-3;1-5-11(15)18-8-14(4,9-19-12(16)6-2)10-20-13(17)7-3/h8-10,23-25H,1-3,11-22H2,4-7H3;5-7H,1-3,8-10H2,4H3. The lowest BCUT2D eigenvalue weighted by Crippen LogP contribution is -2.39. The first-order valence-corrected chi connectivity index (χ1v) is 19.2. The van der Waals surface area contributed by atoms with E-state index in [4.69, 9.17) is 56.8 Å². The van der Waals surface area contributed by atoms with Crippen molar-refractivity contribution in [2.75, 3.05) is 99.1 Å². The first-order chi connectivity index (χ1) is 28.9. The van der Waals surface area contributed by atoms with Crippen LogP contribution in [0.25, 0.3) is 0 Å². The number of hydrogen-bond donors (Lipinski definition) is 0. The Labute approximate surface area is 359 Å². The van der Waals surface area contributed by atoms with Gasteiger partial charge in [-0.25, -0.2) is 28.8 Å². The molecule has 0 spiro atoms. The molecule has 0 aliphatic heterocycles. The average molecular weight is 871 g/mol. The summed E-state index contributed by atoms with van der Waals surface area (Å²) in [6.45, 7) is 31.8. The Morgan fingerprint density at radius 3 is 0.820 bits per heavy atom. The molecule has 3 atom stereocenters. The van der Waals surface area contributed by atoms with Crippen LogP contribution in [0.5, 0.6) is 0 Å². The Balaban J connectivity index is 0. The molecular formula is C43H66O18. The van der Waals surface area contributed by atoms with Crippen molar-refractivity contribution in [1.29, 1.82) is 0 Å². The summed E-state index contributed by atoms with van der Waals surface area (Å²) in [6, 6.07) is 0. The van der Waals surface area contributed by atoms with E-state index in [1.165, 1.54) is 0 Å². The largest absolute Gasteiger partial charge is 0.462 e. The summed E-state index contributed by atoms with van der Waals surface area (Å²) in [5.41, 5.74) is -1.40. The molecular weight excluding hydrogens is 804 g/mol. The number of hydrogen-bond acceptors (Lipinski definition) is 18. The summed E-state index contributed by atoms with van der Waals surface area (Å²) in [7, 11) is 0. The molecule has 18 heteroatoms. The van der Waals surface area contributed by atoms with Gasteiger partial charge in [0.15, 0.2) is 0 Å². The first kappa shape index (κ1) is 58.1. The van der Waals surface area contributed by atoms with Crippen LogP contribution >= 0.6 is 0 Å². The quantitative estimate of drug-likeness (QED) is 0.0381. The zero-order valence-electron chi connectivity index (χ0n) is 36.4. The lowest BCUT2D eigenvalue weighted by Gasteiger charge is -2.32. The van der Waals surface area contributed by atoms with E-state index in [-0.39, 0.29) is 77.8 Å². The van der Waals surface area contributed by atoms with Gasteiger partial charge in [-0.1, -0.05) is 46.4 Å². The van der Waals surface area contributed by atoms with Gasteiger partial charge in [-0.3, -0.25) is 0 Å². The predicted molar refractivity (Wildman–Crippen MR) is 222 cm³/mol. The molecule has 0 aromatic heterocycles. The molecule has 0 aromatic rings. The lowest BCUT2D eigenvalue weighted by atomic mass is 9.94. The van der Waals surface area contributed by atoms with Crippen LogP contribution in [0.15, 0.2) is 75.9 Å². The van der Waals surface area contributed by atoms with Gasteiger partial charge in [-0.15, -0.1) is 0 Å². The Morgan fingerprint density at radius 2 is 0.590 bits per heavy atom. The van der Waals surface area contributed by atoms with Gasteiger partial charge in [0.2, 0.25) is 0 Å². The molecule has 0 rings (SSSR count). The predicted octanol–water partition coefficient (Wildman–Crippen LogP) is 3.63. The molecule has 0 bridgehead atoms. The van der Waals surface area contributed by atoms with Crippen LogP contribution < -0.4 is 0 Å². The van der Waals surface area contributed by atoms with Crippen molar-refractivity contribution >= 4 is 35.8 Å². The van der Waals surface area contributed by atoms with E-state index in [9.17, 15) is 28.8 Å². The van der Waals surface area contributed by atoms with Crippen molar-refractivity contribution < 1.29 is 85.6 Å². The molecule has 61 heavy (non-hydrogen) atoms. The monoisotopic (exact) mass is 870 g/mol. The van der Waals surface area contributed by atoms with Crippen LogP contribution in [0.4, 0.5) is 0 Å². The van der Waals surface area contributed by atoms with Crippen LogP contribution in [0.1, 0.15) is 34.6 Å². The molecule has 0 heterocycles. The number of rotatable bonds is 36. The Kier molecular flexibility index (Phi) is 34.1. The maximum absolute atomic E-state index is 11.1. The smallest absolute Gasteiger partial charge is 0.330 e. The highest BCUT2D eigenvalue weighted by atomic mass is 16.6. The van der Waals surface area contributed by atoms with Crippen LogP contribution in [-0.2, 0) is 85.6 Å². The van der Waals surface area contributed by atoms with Gasteiger partial charge in [-0.05, 0) is 27.7 Å². The van der Waals surface area contributed by atoms with Crippen molar-refractivity contribution in [2.24, 2.45) is 10.8 Å². The third-order valence-corrected chi connectivity index (χ3v) is 7.31. The summed E-state index contributed by atoms with van der Waals surface area (Å²) >= 11 is 0. The fourth-order valence-electron chi connectivity index (χ4n) is 3.87. The Morgan fingerprint density at radius 1 is 0.377 bits per heavy atom. The van der Waals surface area contributed by atoms with E-state index in [1.807, 2.05) is 27.7 Å². The van der Waals surface area contributed by atoms with Gasteiger partial charge in [0.05, 0.1) is 83.2 Å². The molecule has 0 radical (unpaired) electrons. The van der Waals surface area contributed by atoms with Gasteiger partial charge in [-0.2, -0.15) is 0 Å². The van der Waals surface area contributed by atoms with Crippen molar-refractivity contribution in [3.63, 3.8) is 0 Å². The van der Waals surface area contributed by atoms with Crippen LogP contribution in [-0.4, -0.2) is 153 Å². The highest BCUT2D eigenvalue weighted by Crippen LogP contribution is 2.22. The van der Waals surface area contributed by atoms with Crippen molar-refractivity contribution in [2.45, 2.75) is 52.9 Å². The normalized spacial score (nSPS) is 13.1. The lowest BCUT2D eigenvalue weighted by molar-refractivity contribution is -0.154. The van der Waals surface area contributed by atoms with Crippen molar-refractivity contribution in [3.8, 4) is 0 Å². The summed E-state index contributed by atoms with van der Waals surface area (Å²) < 4.78 is 64.0. The summed E-state index contributed by atoms with van der Waals surface area (Å²) in [5, 5.41) is 0. The molecule has 0 amide bonds. The summed E-state index contributed by atoms with van der Waals surface area (Å²) in [6.07, 6.45) is 5.60. The average Bonchev–Trinajstić information content (AvgIpc) is 3.26. The second-order valence-electron chi connectivity index (χ2n) is 13.8. The van der Waals surface area contributed by atoms with Gasteiger partial charge in [0.25, 0.3) is 0 Å². The SMILES string of the molecule is C=CC(=O)OCC(C)(COC(=O)C=C)COC(=O)C=C.C=CC(=O)OCCOCC(C)OCC(C)(COC(C)COCCOC(=O)C=C)COC(C)COCCOC(=O)C=C. The maximum Gasteiger partial charge on any atom is 0.330 e. The molecule has 0 saturated heterocycles. The second-order valence-corrected chi connectivity index (χ2v) is 13.8. The van der Waals surface area contributed by atoms with Crippen LogP contribution in [0, 0.1) is 10.8 Å². The first-order valence-electron chi connectivity index (χ1n) is 19.2. The van der Waals surface area contributed by atoms with E-state index in [0.717, 1.165) is 36.5 Å². The fourth-order valence-corrected chi connectivity index (χ4v) is 3.87. The van der Waals surface area contributed by atoms with Gasteiger partial charge < -0.3 is 56.8 Å². The van der Waals surface area contributed by atoms with Crippen LogP contribution in [0.3, 0.4) is 0 Å². The molecule has 0 saturated carbocycles. The minimum Gasteiger partial charge on any atom is -0.462 e. The highest BCUT2D eigenvalue weighted by molar-refractivity contribution is 5.83. The number of esters is 6. The summed E-state index contributed by atoms with van der Waals surface area (Å²) in [5.74, 6) is -3.37. The van der Waals surface area contributed by atoms with Gasteiger partial charge in [0, 0.05) is 41.9 Å². The van der Waals surface area contributed by atoms with Gasteiger partial charge >= 0.3 is 35.8 Å². The summed E-state index contributed by atoms with van der Waals surface area (Å²) in [4.78, 5) is 66.4. The third-order valence-electron chi connectivity index (χ3n) is 7.31.